The van der Waals surface area contributed by atoms with Gasteiger partial charge in [-0.25, -0.2) is 9.59 Å². The molecular weight excluding hydrogens is 865 g/mol. The van der Waals surface area contributed by atoms with Gasteiger partial charge in [-0.15, -0.1) is 0 Å². The first-order valence-corrected chi connectivity index (χ1v) is 24.3. The summed E-state index contributed by atoms with van der Waals surface area (Å²) < 4.78 is 64.9. The Balaban J connectivity index is 6.01. The molecule has 0 aliphatic carbocycles. The molecule has 0 fully saturated rings. The highest BCUT2D eigenvalue weighted by molar-refractivity contribution is 7.87. The van der Waals surface area contributed by atoms with Gasteiger partial charge in [0.2, 0.25) is 11.2 Å². The molecule has 0 aromatic heterocycles. The van der Waals surface area contributed by atoms with Crippen LogP contribution >= 0.6 is 0 Å². The first-order valence-electron chi connectivity index (χ1n) is 22.8. The van der Waals surface area contributed by atoms with Crippen molar-refractivity contribution in [3.8, 4) is 0 Å². The van der Waals surface area contributed by atoms with Crippen LogP contribution in [0.1, 0.15) is 188 Å². The molecule has 3 atom stereocenters. The molecule has 0 spiro atoms. The SMILES string of the molecule is CCCCCCCCCCCCOC(=O)CC(CC(=O)OCC)(OC(=O)CC(C(=O)OC(CC(=O)OCC)(CC(=O)OCCCCCCCCCCCC)C(=O)O)S(=O)(=O)O)C(=O)O. The standard InChI is InChI=1S/C44H74O19S/c1-5-9-11-13-15-17-19-21-23-25-27-60-38(48)32-43(41(51)52,30-36(46)58-7-3)62-35(45)29-34(64(55,56)57)40(50)63-44(42(53)54,31-37(47)59-8-4)33-39(49)61-28-26-24-22-20-18-16-14-12-10-6-2/h34H,5-33H2,1-4H3,(H,51,52)(H,53,54)(H,55,56,57). The highest BCUT2D eigenvalue weighted by Gasteiger charge is 2.52. The molecule has 0 saturated heterocycles. The van der Waals surface area contributed by atoms with E-state index in [2.05, 4.69) is 13.8 Å². The minimum atomic E-state index is -5.75. The smallest absolute Gasteiger partial charge is 0.349 e. The Hall–Kier alpha value is -4.33. The predicted molar refractivity (Wildman–Crippen MR) is 230 cm³/mol. The quantitative estimate of drug-likeness (QED) is 0.0242. The molecule has 370 valence electrons. The number of rotatable bonds is 40. The van der Waals surface area contributed by atoms with Gasteiger partial charge < -0.3 is 38.6 Å². The summed E-state index contributed by atoms with van der Waals surface area (Å²) in [6.45, 7) is 6.18. The van der Waals surface area contributed by atoms with Crippen LogP contribution in [0.4, 0.5) is 0 Å². The van der Waals surface area contributed by atoms with E-state index in [9.17, 15) is 61.5 Å². The third-order valence-electron chi connectivity index (χ3n) is 10.2. The van der Waals surface area contributed by atoms with Gasteiger partial charge in [0.25, 0.3) is 10.1 Å². The molecule has 3 unspecified atom stereocenters. The Morgan fingerprint density at radius 3 is 1.03 bits per heavy atom. The molecule has 3 N–H and O–H groups in total. The van der Waals surface area contributed by atoms with Gasteiger partial charge in [-0.1, -0.05) is 129 Å². The van der Waals surface area contributed by atoms with Crippen molar-refractivity contribution >= 4 is 57.9 Å². The molecule has 0 radical (unpaired) electrons. The Labute approximate surface area is 378 Å². The summed E-state index contributed by atoms with van der Waals surface area (Å²) >= 11 is 0. The Kier molecular flexibility index (Phi) is 31.8. The second kappa shape index (κ2) is 34.1. The van der Waals surface area contributed by atoms with Crippen LogP contribution in [0.5, 0.6) is 0 Å². The number of aliphatic carboxylic acids is 2. The molecule has 0 aliphatic rings. The van der Waals surface area contributed by atoms with Crippen molar-refractivity contribution in [2.45, 2.75) is 205 Å². The number of unbranched alkanes of at least 4 members (excludes halogenated alkanes) is 18. The van der Waals surface area contributed by atoms with Crippen LogP contribution in [-0.2, 0) is 76.9 Å². The van der Waals surface area contributed by atoms with Crippen LogP contribution in [0.25, 0.3) is 0 Å². The summed E-state index contributed by atoms with van der Waals surface area (Å²) in [7, 11) is -5.75. The highest BCUT2D eigenvalue weighted by Crippen LogP contribution is 2.29. The number of carboxylic acids is 2. The second-order valence-electron chi connectivity index (χ2n) is 15.8. The van der Waals surface area contributed by atoms with Gasteiger partial charge in [0.1, 0.15) is 0 Å². The molecule has 0 bridgehead atoms. The van der Waals surface area contributed by atoms with Crippen LogP contribution < -0.4 is 0 Å². The summed E-state index contributed by atoms with van der Waals surface area (Å²) in [5.74, 6) is -13.3. The maximum atomic E-state index is 13.4. The van der Waals surface area contributed by atoms with E-state index in [0.717, 1.165) is 77.0 Å². The summed E-state index contributed by atoms with van der Waals surface area (Å²) in [5.41, 5.74) is -6.25. The lowest BCUT2D eigenvalue weighted by Gasteiger charge is -2.30. The molecule has 0 aliphatic heterocycles. The van der Waals surface area contributed by atoms with Gasteiger partial charge in [-0.2, -0.15) is 8.42 Å². The van der Waals surface area contributed by atoms with Crippen molar-refractivity contribution in [3.05, 3.63) is 0 Å². The monoisotopic (exact) mass is 938 g/mol. The van der Waals surface area contributed by atoms with Crippen LogP contribution in [-0.4, -0.2) is 114 Å². The van der Waals surface area contributed by atoms with Crippen molar-refractivity contribution in [2.75, 3.05) is 26.4 Å². The largest absolute Gasteiger partial charge is 0.478 e. The van der Waals surface area contributed by atoms with Gasteiger partial charge in [0.15, 0.2) is 5.25 Å². The van der Waals surface area contributed by atoms with E-state index in [1.165, 1.54) is 39.5 Å². The van der Waals surface area contributed by atoms with E-state index in [4.69, 9.17) is 28.4 Å². The molecule has 0 heterocycles. The summed E-state index contributed by atoms with van der Waals surface area (Å²) in [6, 6.07) is 0. The lowest BCUT2D eigenvalue weighted by Crippen LogP contribution is -2.51. The zero-order valence-corrected chi connectivity index (χ0v) is 39.2. The van der Waals surface area contributed by atoms with Crippen LogP contribution in [0.15, 0.2) is 0 Å². The first-order chi connectivity index (χ1) is 30.3. The average Bonchev–Trinajstić information content (AvgIpc) is 3.20. The van der Waals surface area contributed by atoms with Crippen LogP contribution in [0.3, 0.4) is 0 Å². The van der Waals surface area contributed by atoms with E-state index in [1.807, 2.05) is 0 Å². The van der Waals surface area contributed by atoms with Gasteiger partial charge in [0, 0.05) is 0 Å². The number of esters is 6. The zero-order valence-electron chi connectivity index (χ0n) is 38.4. The molecule has 0 amide bonds. The molecule has 0 rings (SSSR count). The third kappa shape index (κ3) is 26.5. The number of hydrogen-bond donors (Lipinski definition) is 3. The second-order valence-corrected chi connectivity index (χ2v) is 17.4. The van der Waals surface area contributed by atoms with E-state index in [1.54, 1.807) is 0 Å². The maximum absolute atomic E-state index is 13.4. The van der Waals surface area contributed by atoms with E-state index in [-0.39, 0.29) is 26.4 Å². The molecular formula is C44H74O19S. The Bertz CT molecular complexity index is 1550. The van der Waals surface area contributed by atoms with Gasteiger partial charge in [-0.05, 0) is 26.7 Å². The first kappa shape index (κ1) is 59.7. The van der Waals surface area contributed by atoms with E-state index in [0.29, 0.717) is 25.7 Å². The van der Waals surface area contributed by atoms with Gasteiger partial charge in [0.05, 0.1) is 58.5 Å². The number of carbonyl (C=O) groups excluding carboxylic acids is 6. The summed E-state index contributed by atoms with van der Waals surface area (Å²) in [5, 5.41) is 17.3. The van der Waals surface area contributed by atoms with Crippen molar-refractivity contribution < 1.29 is 90.0 Å². The number of hydrogen-bond acceptors (Lipinski definition) is 16. The van der Waals surface area contributed by atoms with Crippen molar-refractivity contribution in [2.24, 2.45) is 0 Å². The normalized spacial score (nSPS) is 13.6. The lowest BCUT2D eigenvalue weighted by molar-refractivity contribution is -0.191. The molecule has 64 heavy (non-hydrogen) atoms. The number of carbonyl (C=O) groups is 8. The fourth-order valence-electron chi connectivity index (χ4n) is 6.65. The third-order valence-corrected chi connectivity index (χ3v) is 11.3. The zero-order chi connectivity index (χ0) is 48.4. The topological polar surface area (TPSA) is 287 Å². The highest BCUT2D eigenvalue weighted by atomic mass is 32.2. The number of ether oxygens (including phenoxy) is 6. The van der Waals surface area contributed by atoms with Crippen molar-refractivity contribution in [3.63, 3.8) is 0 Å². The summed E-state index contributed by atoms with van der Waals surface area (Å²) in [6.07, 6.45) is 12.6. The van der Waals surface area contributed by atoms with E-state index >= 15 is 0 Å². The van der Waals surface area contributed by atoms with Crippen molar-refractivity contribution in [1.82, 2.24) is 0 Å². The van der Waals surface area contributed by atoms with Crippen LogP contribution in [0, 0.1) is 0 Å². The minimum absolute atomic E-state index is 0.140. The number of carboxylic acid groups (broad SMARTS) is 2. The van der Waals surface area contributed by atoms with Gasteiger partial charge >= 0.3 is 47.8 Å². The minimum Gasteiger partial charge on any atom is -0.478 e. The molecule has 19 nitrogen and oxygen atoms in total. The summed E-state index contributed by atoms with van der Waals surface area (Å²) in [4.78, 5) is 103. The fraction of sp³-hybridized carbons (Fsp3) is 0.818. The van der Waals surface area contributed by atoms with Crippen molar-refractivity contribution in [1.29, 1.82) is 0 Å². The molecule has 0 aromatic carbocycles. The lowest BCUT2D eigenvalue weighted by atomic mass is 9.94. The Morgan fingerprint density at radius 2 is 0.734 bits per heavy atom. The van der Waals surface area contributed by atoms with Crippen LogP contribution in [0.2, 0.25) is 0 Å². The molecule has 0 saturated carbocycles. The molecule has 20 heteroatoms. The van der Waals surface area contributed by atoms with Gasteiger partial charge in [-0.3, -0.25) is 33.3 Å². The fourth-order valence-corrected chi connectivity index (χ4v) is 7.29. The molecule has 0 aromatic rings. The Morgan fingerprint density at radius 1 is 0.438 bits per heavy atom. The van der Waals surface area contributed by atoms with E-state index < -0.39 is 106 Å². The predicted octanol–water partition coefficient (Wildman–Crippen LogP) is 6.98. The average molecular weight is 939 g/mol. The maximum Gasteiger partial charge on any atom is 0.349 e.